The lowest BCUT2D eigenvalue weighted by Crippen LogP contribution is -2.51. The summed E-state index contributed by atoms with van der Waals surface area (Å²) in [6, 6.07) is 7.55. The molecule has 1 amide bonds. The molecule has 2 aromatic heterocycles. The van der Waals surface area contributed by atoms with Crippen LogP contribution in [0.3, 0.4) is 0 Å². The number of carbonyl (C=O) groups is 1. The molecule has 2 saturated heterocycles. The van der Waals surface area contributed by atoms with Gasteiger partial charge < -0.3 is 19.3 Å². The van der Waals surface area contributed by atoms with Crippen molar-refractivity contribution in [3.05, 3.63) is 30.6 Å². The maximum Gasteiger partial charge on any atom is 0.251 e. The van der Waals surface area contributed by atoms with Gasteiger partial charge >= 0.3 is 0 Å². The normalized spacial score (nSPS) is 19.4. The molecule has 1 atom stereocenters. The monoisotopic (exact) mass is 409 g/mol. The number of carbonyl (C=O) groups excluding carboxylic acids is 1. The number of hydrogen-bond acceptors (Lipinski definition) is 8. The molecule has 0 unspecified atom stereocenters. The molecule has 2 fully saturated rings. The minimum Gasteiger partial charge on any atom is -0.497 e. The van der Waals surface area contributed by atoms with Crippen LogP contribution in [0.15, 0.2) is 30.6 Å². The molecule has 0 N–H and O–H groups in total. The van der Waals surface area contributed by atoms with Gasteiger partial charge in [-0.2, -0.15) is 4.68 Å². The van der Waals surface area contributed by atoms with Crippen LogP contribution >= 0.6 is 0 Å². The number of ether oxygens (including phenoxy) is 2. The summed E-state index contributed by atoms with van der Waals surface area (Å²) in [5.41, 5.74) is 2.13. The molecule has 2 aliphatic rings. The third kappa shape index (κ3) is 3.32. The van der Waals surface area contributed by atoms with Gasteiger partial charge in [-0.1, -0.05) is 5.21 Å². The molecule has 2 aliphatic heterocycles. The highest BCUT2D eigenvalue weighted by Crippen LogP contribution is 2.25. The van der Waals surface area contributed by atoms with Crippen molar-refractivity contribution < 1.29 is 14.3 Å². The first-order valence-electron chi connectivity index (χ1n) is 10.1. The average Bonchev–Trinajstić information content (AvgIpc) is 3.49. The van der Waals surface area contributed by atoms with Crippen LogP contribution in [0.25, 0.3) is 16.9 Å². The second-order valence-electron chi connectivity index (χ2n) is 7.38. The Morgan fingerprint density at radius 1 is 1.13 bits per heavy atom. The Balaban J connectivity index is 1.35. The Kier molecular flexibility index (Phi) is 4.91. The van der Waals surface area contributed by atoms with E-state index in [1.165, 1.54) is 6.33 Å². The Morgan fingerprint density at radius 3 is 2.63 bits per heavy atom. The maximum atomic E-state index is 12.6. The van der Waals surface area contributed by atoms with Crippen LogP contribution < -0.4 is 9.64 Å². The van der Waals surface area contributed by atoms with Crippen molar-refractivity contribution in [1.82, 2.24) is 29.9 Å². The van der Waals surface area contributed by atoms with E-state index < -0.39 is 0 Å². The summed E-state index contributed by atoms with van der Waals surface area (Å²) in [7, 11) is 1.63. The number of amides is 1. The van der Waals surface area contributed by atoms with Crippen LogP contribution in [0, 0.1) is 0 Å². The van der Waals surface area contributed by atoms with Crippen LogP contribution in [0.2, 0.25) is 0 Å². The van der Waals surface area contributed by atoms with Crippen molar-refractivity contribution in [3.63, 3.8) is 0 Å². The van der Waals surface area contributed by atoms with E-state index >= 15 is 0 Å². The Morgan fingerprint density at radius 2 is 1.93 bits per heavy atom. The molecular formula is C20H23N7O3. The van der Waals surface area contributed by atoms with Gasteiger partial charge in [-0.05, 0) is 37.1 Å². The highest BCUT2D eigenvalue weighted by molar-refractivity contribution is 5.84. The largest absolute Gasteiger partial charge is 0.497 e. The topological polar surface area (TPSA) is 98.5 Å². The van der Waals surface area contributed by atoms with E-state index in [0.29, 0.717) is 43.9 Å². The van der Waals surface area contributed by atoms with Crippen LogP contribution in [-0.4, -0.2) is 81.8 Å². The fourth-order valence-electron chi connectivity index (χ4n) is 3.98. The van der Waals surface area contributed by atoms with Gasteiger partial charge in [-0.15, -0.1) is 5.10 Å². The lowest BCUT2D eigenvalue weighted by atomic mass is 10.2. The number of nitrogens with zero attached hydrogens (tertiary/aromatic N) is 7. The van der Waals surface area contributed by atoms with Gasteiger partial charge in [-0.3, -0.25) is 4.79 Å². The fraction of sp³-hybridized carbons (Fsp3) is 0.450. The SMILES string of the molecule is COc1ccc(-n2nnc3c(N4CCN(C(=O)[C@@H]5CCCO5)CC4)ncnc32)cc1. The number of rotatable bonds is 4. The fourth-order valence-corrected chi connectivity index (χ4v) is 3.98. The van der Waals surface area contributed by atoms with Gasteiger partial charge in [0.15, 0.2) is 17.0 Å². The van der Waals surface area contributed by atoms with Crippen LogP contribution in [0.1, 0.15) is 12.8 Å². The lowest BCUT2D eigenvalue weighted by Gasteiger charge is -2.36. The predicted molar refractivity (Wildman–Crippen MR) is 109 cm³/mol. The number of anilines is 1. The van der Waals surface area contributed by atoms with E-state index in [0.717, 1.165) is 30.1 Å². The zero-order valence-electron chi connectivity index (χ0n) is 16.8. The average molecular weight is 409 g/mol. The Hall–Kier alpha value is -3.27. The molecule has 0 radical (unpaired) electrons. The Labute approximate surface area is 173 Å². The van der Waals surface area contributed by atoms with E-state index in [9.17, 15) is 4.79 Å². The van der Waals surface area contributed by atoms with Gasteiger partial charge in [0.25, 0.3) is 5.91 Å². The quantitative estimate of drug-likeness (QED) is 0.631. The minimum atomic E-state index is -0.272. The zero-order valence-corrected chi connectivity index (χ0v) is 16.8. The first-order valence-corrected chi connectivity index (χ1v) is 10.1. The molecule has 5 rings (SSSR count). The molecule has 10 nitrogen and oxygen atoms in total. The molecule has 4 heterocycles. The molecule has 3 aromatic rings. The highest BCUT2D eigenvalue weighted by atomic mass is 16.5. The van der Waals surface area contributed by atoms with E-state index in [1.807, 2.05) is 29.2 Å². The molecular weight excluding hydrogens is 386 g/mol. The van der Waals surface area contributed by atoms with E-state index in [-0.39, 0.29) is 12.0 Å². The predicted octanol–water partition coefficient (Wildman–Crippen LogP) is 1.05. The van der Waals surface area contributed by atoms with Crippen LogP contribution in [0.5, 0.6) is 5.75 Å². The van der Waals surface area contributed by atoms with Gasteiger partial charge in [0.05, 0.1) is 12.8 Å². The van der Waals surface area contributed by atoms with Gasteiger partial charge in [-0.25, -0.2) is 9.97 Å². The number of aromatic nitrogens is 5. The van der Waals surface area contributed by atoms with Crippen molar-refractivity contribution in [1.29, 1.82) is 0 Å². The van der Waals surface area contributed by atoms with Gasteiger partial charge in [0.2, 0.25) is 0 Å². The summed E-state index contributed by atoms with van der Waals surface area (Å²) in [4.78, 5) is 25.5. The van der Waals surface area contributed by atoms with Crippen molar-refractivity contribution in [2.75, 3.05) is 44.8 Å². The van der Waals surface area contributed by atoms with Crippen molar-refractivity contribution in [3.8, 4) is 11.4 Å². The summed E-state index contributed by atoms with van der Waals surface area (Å²) in [6.45, 7) is 3.31. The summed E-state index contributed by atoms with van der Waals surface area (Å²) < 4.78 is 12.5. The molecule has 0 spiro atoms. The first-order chi connectivity index (χ1) is 14.7. The summed E-state index contributed by atoms with van der Waals surface area (Å²) >= 11 is 0. The third-order valence-corrected chi connectivity index (χ3v) is 5.63. The van der Waals surface area contributed by atoms with Crippen LogP contribution in [0.4, 0.5) is 5.82 Å². The van der Waals surface area contributed by atoms with E-state index in [1.54, 1.807) is 11.8 Å². The highest BCUT2D eigenvalue weighted by Gasteiger charge is 2.31. The summed E-state index contributed by atoms with van der Waals surface area (Å²) in [6.07, 6.45) is 3.04. The van der Waals surface area contributed by atoms with E-state index in [2.05, 4.69) is 25.2 Å². The second kappa shape index (κ2) is 7.86. The molecule has 156 valence electrons. The third-order valence-electron chi connectivity index (χ3n) is 5.63. The number of piperazine rings is 1. The van der Waals surface area contributed by atoms with Crippen molar-refractivity contribution >= 4 is 22.9 Å². The number of fused-ring (bicyclic) bond motifs is 1. The van der Waals surface area contributed by atoms with Gasteiger partial charge in [0.1, 0.15) is 18.2 Å². The second-order valence-corrected chi connectivity index (χ2v) is 7.38. The lowest BCUT2D eigenvalue weighted by molar-refractivity contribution is -0.141. The number of methoxy groups -OCH3 is 1. The summed E-state index contributed by atoms with van der Waals surface area (Å²) in [5.74, 6) is 1.61. The smallest absolute Gasteiger partial charge is 0.251 e. The number of hydrogen-bond donors (Lipinski definition) is 0. The van der Waals surface area contributed by atoms with Crippen molar-refractivity contribution in [2.45, 2.75) is 18.9 Å². The Bertz CT molecular complexity index is 1040. The van der Waals surface area contributed by atoms with Gasteiger partial charge in [0, 0.05) is 32.8 Å². The van der Waals surface area contributed by atoms with E-state index in [4.69, 9.17) is 9.47 Å². The molecule has 0 saturated carbocycles. The maximum absolute atomic E-state index is 12.6. The molecule has 10 heteroatoms. The standard InChI is InChI=1S/C20H23N7O3/c1-29-15-6-4-14(5-7-15)27-19-17(23-24-27)18(21-13-22-19)25-8-10-26(11-9-25)20(28)16-3-2-12-30-16/h4-7,13,16H,2-3,8-12H2,1H3/t16-/m0/s1. The molecule has 1 aromatic carbocycles. The molecule has 0 bridgehead atoms. The molecule has 0 aliphatic carbocycles. The van der Waals surface area contributed by atoms with Crippen molar-refractivity contribution in [2.24, 2.45) is 0 Å². The minimum absolute atomic E-state index is 0.102. The zero-order chi connectivity index (χ0) is 20.5. The molecule has 30 heavy (non-hydrogen) atoms. The summed E-state index contributed by atoms with van der Waals surface area (Å²) in [5, 5.41) is 8.63. The van der Waals surface area contributed by atoms with Crippen LogP contribution in [-0.2, 0) is 9.53 Å². The first kappa shape index (κ1) is 18.7. The number of benzene rings is 1.